The third kappa shape index (κ3) is 1.83. The fourth-order valence-electron chi connectivity index (χ4n) is 1.72. The molecular weight excluding hydrogens is 192 g/mol. The standard InChI is InChI=1S/C11H12N2O2/c1-7(6-10(14)15)11-8-4-2-3-5-9(8)12-13-11/h2-5,7H,6H2,1H3,(H,12,13)(H,14,15). The summed E-state index contributed by atoms with van der Waals surface area (Å²) >= 11 is 0. The van der Waals surface area contributed by atoms with E-state index >= 15 is 0 Å². The Balaban J connectivity index is 2.39. The third-order valence-corrected chi connectivity index (χ3v) is 2.46. The predicted octanol–water partition coefficient (Wildman–Crippen LogP) is 2.14. The van der Waals surface area contributed by atoms with Crippen molar-refractivity contribution in [3.63, 3.8) is 0 Å². The second-order valence-electron chi connectivity index (χ2n) is 3.65. The molecule has 1 aromatic heterocycles. The average molecular weight is 204 g/mol. The zero-order valence-corrected chi connectivity index (χ0v) is 8.40. The van der Waals surface area contributed by atoms with E-state index in [2.05, 4.69) is 10.2 Å². The highest BCUT2D eigenvalue weighted by Gasteiger charge is 2.14. The lowest BCUT2D eigenvalue weighted by Crippen LogP contribution is -2.03. The van der Waals surface area contributed by atoms with Gasteiger partial charge in [-0.05, 0) is 6.07 Å². The summed E-state index contributed by atoms with van der Waals surface area (Å²) in [4.78, 5) is 10.6. The van der Waals surface area contributed by atoms with Crippen LogP contribution in [0.4, 0.5) is 0 Å². The summed E-state index contributed by atoms with van der Waals surface area (Å²) in [5.74, 6) is -0.837. The number of aliphatic carboxylic acids is 1. The van der Waals surface area contributed by atoms with Gasteiger partial charge in [0.1, 0.15) is 0 Å². The fourth-order valence-corrected chi connectivity index (χ4v) is 1.72. The zero-order valence-electron chi connectivity index (χ0n) is 8.40. The van der Waals surface area contributed by atoms with Gasteiger partial charge in [-0.25, -0.2) is 0 Å². The van der Waals surface area contributed by atoms with Crippen LogP contribution in [0.2, 0.25) is 0 Å². The first-order valence-corrected chi connectivity index (χ1v) is 4.83. The monoisotopic (exact) mass is 204 g/mol. The van der Waals surface area contributed by atoms with Crippen LogP contribution in [-0.2, 0) is 4.79 Å². The summed E-state index contributed by atoms with van der Waals surface area (Å²) in [6.07, 6.45) is 0.117. The van der Waals surface area contributed by atoms with E-state index in [9.17, 15) is 4.79 Å². The molecule has 15 heavy (non-hydrogen) atoms. The number of carboxylic acid groups (broad SMARTS) is 1. The van der Waals surface area contributed by atoms with Crippen LogP contribution in [-0.4, -0.2) is 21.3 Å². The summed E-state index contributed by atoms with van der Waals surface area (Å²) in [5.41, 5.74) is 1.78. The minimum Gasteiger partial charge on any atom is -0.481 e. The molecule has 0 aliphatic heterocycles. The number of carboxylic acids is 1. The highest BCUT2D eigenvalue weighted by molar-refractivity contribution is 5.82. The van der Waals surface area contributed by atoms with Crippen LogP contribution in [0.1, 0.15) is 25.0 Å². The van der Waals surface area contributed by atoms with Gasteiger partial charge in [0.2, 0.25) is 0 Å². The Morgan fingerprint density at radius 1 is 1.53 bits per heavy atom. The molecule has 78 valence electrons. The number of rotatable bonds is 3. The lowest BCUT2D eigenvalue weighted by Gasteiger charge is -2.05. The Labute approximate surface area is 86.9 Å². The molecule has 0 spiro atoms. The Bertz CT molecular complexity index is 490. The van der Waals surface area contributed by atoms with Gasteiger partial charge in [0, 0.05) is 17.0 Å². The van der Waals surface area contributed by atoms with Crippen molar-refractivity contribution in [3.05, 3.63) is 30.0 Å². The van der Waals surface area contributed by atoms with Crippen LogP contribution < -0.4 is 0 Å². The number of aromatic nitrogens is 2. The van der Waals surface area contributed by atoms with Gasteiger partial charge in [-0.2, -0.15) is 5.10 Å². The Hall–Kier alpha value is -1.84. The maximum Gasteiger partial charge on any atom is 0.304 e. The molecule has 0 aliphatic rings. The van der Waals surface area contributed by atoms with Crippen molar-refractivity contribution >= 4 is 16.9 Å². The maximum atomic E-state index is 10.6. The summed E-state index contributed by atoms with van der Waals surface area (Å²) in [5, 5.41) is 16.8. The predicted molar refractivity (Wildman–Crippen MR) is 56.8 cm³/mol. The number of H-pyrrole nitrogens is 1. The normalized spacial score (nSPS) is 12.9. The largest absolute Gasteiger partial charge is 0.481 e. The Morgan fingerprint density at radius 3 is 3.00 bits per heavy atom. The fraction of sp³-hybridized carbons (Fsp3) is 0.273. The first-order chi connectivity index (χ1) is 7.18. The summed E-state index contributed by atoms with van der Waals surface area (Å²) in [6.45, 7) is 1.88. The molecule has 0 aliphatic carbocycles. The number of fused-ring (bicyclic) bond motifs is 1. The number of nitrogens with one attached hydrogen (secondary N) is 1. The maximum absolute atomic E-state index is 10.6. The van der Waals surface area contributed by atoms with Crippen molar-refractivity contribution in [2.45, 2.75) is 19.3 Å². The highest BCUT2D eigenvalue weighted by atomic mass is 16.4. The molecule has 0 radical (unpaired) electrons. The highest BCUT2D eigenvalue weighted by Crippen LogP contribution is 2.24. The molecule has 2 aromatic rings. The van der Waals surface area contributed by atoms with Crippen molar-refractivity contribution in [1.82, 2.24) is 10.2 Å². The van der Waals surface area contributed by atoms with Crippen LogP contribution >= 0.6 is 0 Å². The lowest BCUT2D eigenvalue weighted by molar-refractivity contribution is -0.137. The number of hydrogen-bond acceptors (Lipinski definition) is 2. The minimum absolute atomic E-state index is 0.0464. The lowest BCUT2D eigenvalue weighted by atomic mass is 10.0. The van der Waals surface area contributed by atoms with E-state index in [0.717, 1.165) is 16.6 Å². The van der Waals surface area contributed by atoms with Crippen LogP contribution in [0.3, 0.4) is 0 Å². The number of benzene rings is 1. The first-order valence-electron chi connectivity index (χ1n) is 4.83. The zero-order chi connectivity index (χ0) is 10.8. The number of carbonyl (C=O) groups is 1. The summed E-state index contributed by atoms with van der Waals surface area (Å²) in [7, 11) is 0. The molecule has 4 heteroatoms. The van der Waals surface area contributed by atoms with Gasteiger partial charge in [-0.15, -0.1) is 0 Å². The van der Waals surface area contributed by atoms with Crippen molar-refractivity contribution in [2.24, 2.45) is 0 Å². The molecule has 1 unspecified atom stereocenters. The molecule has 2 N–H and O–H groups in total. The van der Waals surface area contributed by atoms with E-state index in [1.807, 2.05) is 31.2 Å². The number of para-hydroxylation sites is 1. The first kappa shape index (κ1) is 9.71. The summed E-state index contributed by atoms with van der Waals surface area (Å²) < 4.78 is 0. The van der Waals surface area contributed by atoms with E-state index in [0.29, 0.717) is 0 Å². The third-order valence-electron chi connectivity index (χ3n) is 2.46. The van der Waals surface area contributed by atoms with Crippen molar-refractivity contribution in [3.8, 4) is 0 Å². The molecule has 2 rings (SSSR count). The van der Waals surface area contributed by atoms with Crippen molar-refractivity contribution in [2.75, 3.05) is 0 Å². The van der Waals surface area contributed by atoms with Crippen molar-refractivity contribution in [1.29, 1.82) is 0 Å². The van der Waals surface area contributed by atoms with E-state index in [1.165, 1.54) is 0 Å². The quantitative estimate of drug-likeness (QED) is 0.804. The van der Waals surface area contributed by atoms with E-state index in [1.54, 1.807) is 0 Å². The second-order valence-corrected chi connectivity index (χ2v) is 3.65. The molecule has 1 aromatic carbocycles. The minimum atomic E-state index is -0.791. The van der Waals surface area contributed by atoms with Crippen LogP contribution in [0, 0.1) is 0 Å². The molecule has 0 bridgehead atoms. The molecule has 4 nitrogen and oxygen atoms in total. The van der Waals surface area contributed by atoms with Crippen LogP contribution in [0.15, 0.2) is 24.3 Å². The van der Waals surface area contributed by atoms with Crippen LogP contribution in [0.5, 0.6) is 0 Å². The van der Waals surface area contributed by atoms with Crippen LogP contribution in [0.25, 0.3) is 10.9 Å². The number of nitrogens with zero attached hydrogens (tertiary/aromatic N) is 1. The molecular formula is C11H12N2O2. The van der Waals surface area contributed by atoms with Gasteiger partial charge < -0.3 is 5.11 Å². The van der Waals surface area contributed by atoms with E-state index in [-0.39, 0.29) is 12.3 Å². The van der Waals surface area contributed by atoms with Gasteiger partial charge in [0.15, 0.2) is 0 Å². The summed E-state index contributed by atoms with van der Waals surface area (Å²) in [6, 6.07) is 7.69. The molecule has 1 heterocycles. The van der Waals surface area contributed by atoms with Crippen molar-refractivity contribution < 1.29 is 9.90 Å². The topological polar surface area (TPSA) is 66.0 Å². The molecule has 0 saturated carbocycles. The van der Waals surface area contributed by atoms with Gasteiger partial charge in [0.05, 0.1) is 11.9 Å². The smallest absolute Gasteiger partial charge is 0.304 e. The second kappa shape index (κ2) is 3.73. The average Bonchev–Trinajstić information content (AvgIpc) is 2.59. The number of hydrogen-bond donors (Lipinski definition) is 2. The van der Waals surface area contributed by atoms with Gasteiger partial charge >= 0.3 is 5.97 Å². The molecule has 0 amide bonds. The van der Waals surface area contributed by atoms with E-state index in [4.69, 9.17) is 5.11 Å². The molecule has 0 fully saturated rings. The van der Waals surface area contributed by atoms with Gasteiger partial charge in [-0.1, -0.05) is 25.1 Å². The van der Waals surface area contributed by atoms with Gasteiger partial charge in [-0.3, -0.25) is 9.89 Å². The molecule has 0 saturated heterocycles. The SMILES string of the molecule is CC(CC(=O)O)c1[nH]nc2ccccc12. The number of aromatic amines is 1. The Morgan fingerprint density at radius 2 is 2.27 bits per heavy atom. The Kier molecular flexibility index (Phi) is 2.41. The molecule has 1 atom stereocenters. The van der Waals surface area contributed by atoms with E-state index < -0.39 is 5.97 Å². The van der Waals surface area contributed by atoms with Gasteiger partial charge in [0.25, 0.3) is 0 Å².